The van der Waals surface area contributed by atoms with E-state index in [0.717, 1.165) is 11.3 Å². The monoisotopic (exact) mass is 404 g/mol. The number of benzene rings is 2. The summed E-state index contributed by atoms with van der Waals surface area (Å²) in [6.07, 6.45) is 0.552. The van der Waals surface area contributed by atoms with Crippen molar-refractivity contribution in [3.05, 3.63) is 59.7 Å². The van der Waals surface area contributed by atoms with Gasteiger partial charge >= 0.3 is 5.97 Å². The zero-order chi connectivity index (χ0) is 20.6. The highest BCUT2D eigenvalue weighted by Gasteiger charge is 2.15. The second-order valence-electron chi connectivity index (χ2n) is 6.11. The topological polar surface area (TPSA) is 102 Å². The van der Waals surface area contributed by atoms with Gasteiger partial charge in [-0.2, -0.15) is 0 Å². The van der Waals surface area contributed by atoms with Crippen LogP contribution in [0.2, 0.25) is 0 Å². The molecule has 2 aromatic carbocycles. The van der Waals surface area contributed by atoms with Crippen LogP contribution in [0, 0.1) is 6.92 Å². The van der Waals surface area contributed by atoms with Crippen LogP contribution in [-0.2, 0) is 19.6 Å². The minimum atomic E-state index is -3.71. The molecule has 8 heteroatoms. The van der Waals surface area contributed by atoms with E-state index in [-0.39, 0.29) is 35.9 Å². The minimum absolute atomic E-state index is 0.0462. The van der Waals surface area contributed by atoms with E-state index < -0.39 is 16.0 Å². The van der Waals surface area contributed by atoms with Gasteiger partial charge in [-0.15, -0.1) is 0 Å². The molecular weight excluding hydrogens is 380 g/mol. The normalized spacial score (nSPS) is 11.1. The molecule has 0 spiro atoms. The Morgan fingerprint density at radius 1 is 1.04 bits per heavy atom. The second-order valence-corrected chi connectivity index (χ2v) is 7.88. The highest BCUT2D eigenvalue weighted by molar-refractivity contribution is 7.89. The maximum Gasteiger partial charge on any atom is 0.338 e. The standard InChI is InChI=1S/C20H24N2O5S/c1-3-27-20(24)16-10-12-17(13-11-16)28(25,26)21-14-6-9-19(23)22-18-8-5-4-7-15(18)2/h4-5,7-8,10-13,21H,3,6,9,14H2,1-2H3,(H,22,23). The number of nitrogens with one attached hydrogen (secondary N) is 2. The third kappa shape index (κ3) is 6.17. The number of aryl methyl sites for hydroxylation is 1. The van der Waals surface area contributed by atoms with Gasteiger partial charge < -0.3 is 10.1 Å². The molecule has 0 atom stereocenters. The van der Waals surface area contributed by atoms with E-state index in [1.807, 2.05) is 31.2 Å². The van der Waals surface area contributed by atoms with Crippen molar-refractivity contribution >= 4 is 27.6 Å². The van der Waals surface area contributed by atoms with E-state index in [4.69, 9.17) is 4.74 Å². The fourth-order valence-electron chi connectivity index (χ4n) is 2.45. The van der Waals surface area contributed by atoms with Gasteiger partial charge in [-0.25, -0.2) is 17.9 Å². The first-order chi connectivity index (χ1) is 13.3. The molecule has 2 aromatic rings. The molecule has 0 fully saturated rings. The van der Waals surface area contributed by atoms with E-state index in [2.05, 4.69) is 10.0 Å². The Morgan fingerprint density at radius 3 is 2.36 bits per heavy atom. The number of ether oxygens (including phenoxy) is 1. The average Bonchev–Trinajstić information content (AvgIpc) is 2.67. The van der Waals surface area contributed by atoms with Gasteiger partial charge in [0, 0.05) is 18.7 Å². The summed E-state index contributed by atoms with van der Waals surface area (Å²) in [6, 6.07) is 12.9. The second kappa shape index (κ2) is 10.0. The van der Waals surface area contributed by atoms with E-state index in [0.29, 0.717) is 6.42 Å². The van der Waals surface area contributed by atoms with Gasteiger partial charge in [-0.05, 0) is 56.2 Å². The number of hydrogen-bond donors (Lipinski definition) is 2. The number of carbonyl (C=O) groups is 2. The molecule has 0 saturated carbocycles. The molecule has 0 aliphatic rings. The van der Waals surface area contributed by atoms with Gasteiger partial charge in [-0.1, -0.05) is 18.2 Å². The molecule has 0 unspecified atom stereocenters. The lowest BCUT2D eigenvalue weighted by atomic mass is 10.2. The van der Waals surface area contributed by atoms with Gasteiger partial charge in [-0.3, -0.25) is 4.79 Å². The molecular formula is C20H24N2O5S. The van der Waals surface area contributed by atoms with Crippen molar-refractivity contribution < 1.29 is 22.7 Å². The summed E-state index contributed by atoms with van der Waals surface area (Å²) < 4.78 is 31.9. The lowest BCUT2D eigenvalue weighted by Crippen LogP contribution is -2.26. The first-order valence-corrected chi connectivity index (χ1v) is 10.4. The third-order valence-electron chi connectivity index (χ3n) is 3.97. The van der Waals surface area contributed by atoms with E-state index in [1.54, 1.807) is 6.92 Å². The van der Waals surface area contributed by atoms with Crippen LogP contribution in [0.4, 0.5) is 5.69 Å². The van der Waals surface area contributed by atoms with Crippen molar-refractivity contribution in [3.8, 4) is 0 Å². The van der Waals surface area contributed by atoms with Crippen LogP contribution in [0.25, 0.3) is 0 Å². The Morgan fingerprint density at radius 2 is 1.71 bits per heavy atom. The lowest BCUT2D eigenvalue weighted by Gasteiger charge is -2.09. The Balaban J connectivity index is 1.82. The first-order valence-electron chi connectivity index (χ1n) is 8.96. The minimum Gasteiger partial charge on any atom is -0.462 e. The molecule has 7 nitrogen and oxygen atoms in total. The molecule has 0 aliphatic heterocycles. The van der Waals surface area contributed by atoms with E-state index >= 15 is 0 Å². The maximum absolute atomic E-state index is 12.3. The highest BCUT2D eigenvalue weighted by Crippen LogP contribution is 2.14. The Kier molecular flexibility index (Phi) is 7.71. The summed E-state index contributed by atoms with van der Waals surface area (Å²) >= 11 is 0. The molecule has 0 aliphatic carbocycles. The van der Waals surface area contributed by atoms with Crippen molar-refractivity contribution in [2.24, 2.45) is 0 Å². The Hall–Kier alpha value is -2.71. The van der Waals surface area contributed by atoms with Crippen LogP contribution in [0.1, 0.15) is 35.7 Å². The van der Waals surface area contributed by atoms with Gasteiger partial charge in [0.25, 0.3) is 0 Å². The number of amides is 1. The third-order valence-corrected chi connectivity index (χ3v) is 5.44. The number of hydrogen-bond acceptors (Lipinski definition) is 5. The maximum atomic E-state index is 12.3. The smallest absolute Gasteiger partial charge is 0.338 e. The van der Waals surface area contributed by atoms with Gasteiger partial charge in [0.15, 0.2) is 0 Å². The fourth-order valence-corrected chi connectivity index (χ4v) is 3.52. The molecule has 2 rings (SSSR count). The quantitative estimate of drug-likeness (QED) is 0.494. The van der Waals surface area contributed by atoms with Crippen LogP contribution in [0.15, 0.2) is 53.4 Å². The molecule has 28 heavy (non-hydrogen) atoms. The average molecular weight is 404 g/mol. The first kappa shape index (κ1) is 21.6. The van der Waals surface area contributed by atoms with Crippen LogP contribution in [0.3, 0.4) is 0 Å². The van der Waals surface area contributed by atoms with Gasteiger partial charge in [0.2, 0.25) is 15.9 Å². The largest absolute Gasteiger partial charge is 0.462 e. The van der Waals surface area contributed by atoms with Gasteiger partial charge in [0.05, 0.1) is 17.1 Å². The van der Waals surface area contributed by atoms with Crippen molar-refractivity contribution in [2.45, 2.75) is 31.6 Å². The number of sulfonamides is 1. The van der Waals surface area contributed by atoms with E-state index in [1.165, 1.54) is 24.3 Å². The van der Waals surface area contributed by atoms with Crippen LogP contribution >= 0.6 is 0 Å². The molecule has 0 saturated heterocycles. The predicted molar refractivity (Wildman–Crippen MR) is 107 cm³/mol. The molecule has 0 radical (unpaired) electrons. The summed E-state index contributed by atoms with van der Waals surface area (Å²) in [5, 5.41) is 2.81. The summed E-state index contributed by atoms with van der Waals surface area (Å²) in [5.41, 5.74) is 1.99. The number of para-hydroxylation sites is 1. The number of rotatable bonds is 9. The Bertz CT molecular complexity index is 924. The number of esters is 1. The lowest BCUT2D eigenvalue weighted by molar-refractivity contribution is -0.116. The van der Waals surface area contributed by atoms with Crippen molar-refractivity contribution in [2.75, 3.05) is 18.5 Å². The fraction of sp³-hybridized carbons (Fsp3) is 0.300. The van der Waals surface area contributed by atoms with Crippen molar-refractivity contribution in [1.29, 1.82) is 0 Å². The zero-order valence-corrected chi connectivity index (χ0v) is 16.7. The van der Waals surface area contributed by atoms with Crippen LogP contribution < -0.4 is 10.0 Å². The summed E-state index contributed by atoms with van der Waals surface area (Å²) in [7, 11) is -3.71. The Labute approximate surface area is 165 Å². The molecule has 0 heterocycles. The highest BCUT2D eigenvalue weighted by atomic mass is 32.2. The van der Waals surface area contributed by atoms with Crippen molar-refractivity contribution in [1.82, 2.24) is 4.72 Å². The summed E-state index contributed by atoms with van der Waals surface area (Å²) in [6.45, 7) is 3.97. The molecule has 2 N–H and O–H groups in total. The predicted octanol–water partition coefficient (Wildman–Crippen LogP) is 2.87. The van der Waals surface area contributed by atoms with Gasteiger partial charge in [0.1, 0.15) is 0 Å². The van der Waals surface area contributed by atoms with Crippen molar-refractivity contribution in [3.63, 3.8) is 0 Å². The zero-order valence-electron chi connectivity index (χ0n) is 15.9. The molecule has 0 aromatic heterocycles. The molecule has 0 bridgehead atoms. The summed E-state index contributed by atoms with van der Waals surface area (Å²) in [4.78, 5) is 23.6. The number of carbonyl (C=O) groups excluding carboxylic acids is 2. The number of anilines is 1. The molecule has 150 valence electrons. The SMILES string of the molecule is CCOC(=O)c1ccc(S(=O)(=O)NCCCC(=O)Nc2ccccc2C)cc1. The van der Waals surface area contributed by atoms with Crippen LogP contribution in [0.5, 0.6) is 0 Å². The van der Waals surface area contributed by atoms with Crippen LogP contribution in [-0.4, -0.2) is 33.4 Å². The van der Waals surface area contributed by atoms with E-state index in [9.17, 15) is 18.0 Å². The molecule has 1 amide bonds. The summed E-state index contributed by atoms with van der Waals surface area (Å²) in [5.74, 6) is -0.675.